The molecule has 4 rings (SSSR count). The second-order valence-corrected chi connectivity index (χ2v) is 7.60. The number of carbonyl (C=O) groups is 2. The summed E-state index contributed by atoms with van der Waals surface area (Å²) in [6, 6.07) is 2.81. The molecule has 4 heterocycles. The summed E-state index contributed by atoms with van der Waals surface area (Å²) in [6.45, 7) is 0. The molecule has 2 bridgehead atoms. The van der Waals surface area contributed by atoms with Gasteiger partial charge in [0.15, 0.2) is 0 Å². The van der Waals surface area contributed by atoms with E-state index in [4.69, 9.17) is 4.74 Å². The number of pyridine rings is 1. The number of aromatic amines is 1. The van der Waals surface area contributed by atoms with E-state index in [9.17, 15) is 14.4 Å². The average Bonchev–Trinajstić information content (AvgIpc) is 3.36. The normalized spacial score (nSPS) is 26.9. The molecule has 2 aromatic heterocycles. The predicted molar refractivity (Wildman–Crippen MR) is 94.9 cm³/mol. The number of methoxy groups -OCH3 is 1. The van der Waals surface area contributed by atoms with Crippen LogP contribution in [0.3, 0.4) is 0 Å². The maximum atomic E-state index is 13.1. The number of nitrogens with one attached hydrogen (secondary N) is 1. The molecule has 7 nitrogen and oxygen atoms in total. The molecule has 0 spiro atoms. The van der Waals surface area contributed by atoms with Gasteiger partial charge in [0, 0.05) is 30.1 Å². The molecule has 0 unspecified atom stereocenters. The van der Waals surface area contributed by atoms with Crippen LogP contribution in [0.4, 0.5) is 0 Å². The molecule has 136 valence electrons. The summed E-state index contributed by atoms with van der Waals surface area (Å²) in [5.74, 6) is -0.624. The van der Waals surface area contributed by atoms with E-state index in [0.717, 1.165) is 18.5 Å². The summed E-state index contributed by atoms with van der Waals surface area (Å²) in [5.41, 5.74) is 1.46. The van der Waals surface area contributed by atoms with Gasteiger partial charge in [-0.15, -0.1) is 11.3 Å². The van der Waals surface area contributed by atoms with Crippen molar-refractivity contribution in [3.05, 3.63) is 50.8 Å². The van der Waals surface area contributed by atoms with Gasteiger partial charge < -0.3 is 14.6 Å². The van der Waals surface area contributed by atoms with Gasteiger partial charge in [-0.25, -0.2) is 4.98 Å². The SMILES string of the molecule is COC(=O)[C@@]1(Cc2cscn2)C[C@H]2CC[C@@H]1N2C(=O)c1ccc[nH]c1=O. The lowest BCUT2D eigenvalue weighted by Crippen LogP contribution is -2.47. The van der Waals surface area contributed by atoms with Gasteiger partial charge in [-0.1, -0.05) is 0 Å². The first-order valence-corrected chi connectivity index (χ1v) is 9.47. The second-order valence-electron chi connectivity index (χ2n) is 6.88. The van der Waals surface area contributed by atoms with Crippen LogP contribution in [0.1, 0.15) is 35.3 Å². The number of hydrogen-bond acceptors (Lipinski definition) is 6. The van der Waals surface area contributed by atoms with Gasteiger partial charge in [-0.2, -0.15) is 0 Å². The van der Waals surface area contributed by atoms with Crippen LogP contribution in [-0.2, 0) is 16.0 Å². The van der Waals surface area contributed by atoms with Crippen LogP contribution in [0.25, 0.3) is 0 Å². The van der Waals surface area contributed by atoms with E-state index in [-0.39, 0.29) is 29.5 Å². The Morgan fingerprint density at radius 3 is 3.00 bits per heavy atom. The zero-order valence-electron chi connectivity index (χ0n) is 14.3. The first kappa shape index (κ1) is 17.0. The number of thiazole rings is 1. The largest absolute Gasteiger partial charge is 0.469 e. The van der Waals surface area contributed by atoms with Crippen molar-refractivity contribution < 1.29 is 14.3 Å². The van der Waals surface area contributed by atoms with Crippen LogP contribution in [0, 0.1) is 5.41 Å². The van der Waals surface area contributed by atoms with E-state index in [2.05, 4.69) is 9.97 Å². The van der Waals surface area contributed by atoms with E-state index in [1.54, 1.807) is 16.5 Å². The van der Waals surface area contributed by atoms with E-state index in [1.165, 1.54) is 30.7 Å². The Kier molecular flexibility index (Phi) is 4.14. The summed E-state index contributed by atoms with van der Waals surface area (Å²) < 4.78 is 5.13. The van der Waals surface area contributed by atoms with Crippen molar-refractivity contribution in [2.75, 3.05) is 7.11 Å². The molecule has 2 saturated heterocycles. The lowest BCUT2D eigenvalue weighted by molar-refractivity contribution is -0.154. The fourth-order valence-corrected chi connectivity index (χ4v) is 5.11. The number of H-pyrrole nitrogens is 1. The lowest BCUT2D eigenvalue weighted by atomic mass is 9.71. The third-order valence-electron chi connectivity index (χ3n) is 5.60. The van der Waals surface area contributed by atoms with Crippen molar-refractivity contribution >= 4 is 23.2 Å². The number of carbonyl (C=O) groups excluding carboxylic acids is 2. The minimum atomic E-state index is -0.803. The van der Waals surface area contributed by atoms with Gasteiger partial charge >= 0.3 is 5.97 Å². The van der Waals surface area contributed by atoms with E-state index < -0.39 is 11.0 Å². The summed E-state index contributed by atoms with van der Waals surface area (Å²) in [4.78, 5) is 46.5. The lowest BCUT2D eigenvalue weighted by Gasteiger charge is -2.34. The Hall–Kier alpha value is -2.48. The van der Waals surface area contributed by atoms with Gasteiger partial charge in [0.05, 0.1) is 23.7 Å². The van der Waals surface area contributed by atoms with E-state index in [0.29, 0.717) is 12.8 Å². The highest BCUT2D eigenvalue weighted by molar-refractivity contribution is 7.07. The van der Waals surface area contributed by atoms with Crippen LogP contribution in [0.2, 0.25) is 0 Å². The molecule has 2 fully saturated rings. The average molecular weight is 373 g/mol. The Balaban J connectivity index is 1.71. The minimum Gasteiger partial charge on any atom is -0.469 e. The minimum absolute atomic E-state index is 0.0650. The van der Waals surface area contributed by atoms with E-state index in [1.807, 2.05) is 5.38 Å². The van der Waals surface area contributed by atoms with Gasteiger partial charge in [0.2, 0.25) is 0 Å². The highest BCUT2D eigenvalue weighted by Gasteiger charge is 2.62. The summed E-state index contributed by atoms with van der Waals surface area (Å²) in [5, 5.41) is 1.92. The van der Waals surface area contributed by atoms with E-state index >= 15 is 0 Å². The zero-order valence-corrected chi connectivity index (χ0v) is 15.1. The van der Waals surface area contributed by atoms with Crippen molar-refractivity contribution in [3.63, 3.8) is 0 Å². The number of fused-ring (bicyclic) bond motifs is 2. The van der Waals surface area contributed by atoms with Crippen molar-refractivity contribution in [2.45, 2.75) is 37.8 Å². The summed E-state index contributed by atoms with van der Waals surface area (Å²) in [7, 11) is 1.38. The van der Waals surface area contributed by atoms with Crippen molar-refractivity contribution in [1.29, 1.82) is 0 Å². The second kappa shape index (κ2) is 6.35. The predicted octanol–water partition coefficient (Wildman–Crippen LogP) is 1.61. The Morgan fingerprint density at radius 2 is 2.31 bits per heavy atom. The fraction of sp³-hybridized carbons (Fsp3) is 0.444. The smallest absolute Gasteiger partial charge is 0.314 e. The van der Waals surface area contributed by atoms with Crippen molar-refractivity contribution in [2.24, 2.45) is 5.41 Å². The zero-order chi connectivity index (χ0) is 18.3. The molecule has 8 heteroatoms. The van der Waals surface area contributed by atoms with Gasteiger partial charge in [-0.05, 0) is 31.4 Å². The van der Waals surface area contributed by atoms with Crippen LogP contribution >= 0.6 is 11.3 Å². The third kappa shape index (κ3) is 2.47. The Morgan fingerprint density at radius 1 is 1.46 bits per heavy atom. The maximum absolute atomic E-state index is 13.1. The number of aromatic nitrogens is 2. The van der Waals surface area contributed by atoms with Crippen LogP contribution in [-0.4, -0.2) is 45.9 Å². The molecule has 2 aliphatic rings. The standard InChI is InChI=1S/C18H19N3O4S/c1-25-17(24)18(7-11-9-26-10-20-11)8-12-4-5-14(18)21(12)16(23)13-3-2-6-19-15(13)22/h2-3,6,9-10,12,14H,4-5,7-8H2,1H3,(H,19,22)/t12-,14+,18+/m1/s1. The maximum Gasteiger partial charge on any atom is 0.314 e. The quantitative estimate of drug-likeness (QED) is 0.822. The topological polar surface area (TPSA) is 92.4 Å². The van der Waals surface area contributed by atoms with Gasteiger partial charge in [0.25, 0.3) is 11.5 Å². The molecule has 1 N–H and O–H groups in total. The van der Waals surface area contributed by atoms with Crippen molar-refractivity contribution in [1.82, 2.24) is 14.9 Å². The highest BCUT2D eigenvalue weighted by Crippen LogP contribution is 2.52. The Labute approximate surface area is 154 Å². The first-order valence-electron chi connectivity index (χ1n) is 8.52. The van der Waals surface area contributed by atoms with Crippen molar-refractivity contribution in [3.8, 4) is 0 Å². The molecule has 3 atom stereocenters. The highest BCUT2D eigenvalue weighted by atomic mass is 32.1. The molecular formula is C18H19N3O4S. The monoisotopic (exact) mass is 373 g/mol. The number of amides is 1. The molecule has 2 aromatic rings. The van der Waals surface area contributed by atoms with Crippen LogP contribution in [0.15, 0.2) is 34.0 Å². The number of rotatable bonds is 4. The molecule has 0 aromatic carbocycles. The van der Waals surface area contributed by atoms with Crippen LogP contribution < -0.4 is 5.56 Å². The number of hydrogen-bond donors (Lipinski definition) is 1. The molecule has 0 aliphatic carbocycles. The number of ether oxygens (including phenoxy) is 1. The molecule has 0 radical (unpaired) electrons. The summed E-state index contributed by atoms with van der Waals surface area (Å²) >= 11 is 1.48. The third-order valence-corrected chi connectivity index (χ3v) is 6.23. The fourth-order valence-electron chi connectivity index (χ4n) is 4.55. The molecule has 1 amide bonds. The first-order chi connectivity index (χ1) is 12.6. The molecule has 26 heavy (non-hydrogen) atoms. The summed E-state index contributed by atoms with van der Waals surface area (Å²) in [6.07, 6.45) is 4.04. The van der Waals surface area contributed by atoms with Gasteiger partial charge in [-0.3, -0.25) is 14.4 Å². The Bertz CT molecular complexity index is 894. The molecular weight excluding hydrogens is 354 g/mol. The molecule has 0 saturated carbocycles. The number of nitrogens with zero attached hydrogens (tertiary/aromatic N) is 2. The van der Waals surface area contributed by atoms with Gasteiger partial charge in [0.1, 0.15) is 5.56 Å². The number of esters is 1. The van der Waals surface area contributed by atoms with Crippen LogP contribution in [0.5, 0.6) is 0 Å². The molecule has 2 aliphatic heterocycles.